The first-order valence-corrected chi connectivity index (χ1v) is 6.54. The summed E-state index contributed by atoms with van der Waals surface area (Å²) in [5, 5.41) is 10.5. The summed E-state index contributed by atoms with van der Waals surface area (Å²) in [5.41, 5.74) is 6.02. The Kier molecular flexibility index (Phi) is 3.68. The molecule has 1 aromatic rings. The van der Waals surface area contributed by atoms with Gasteiger partial charge in [-0.3, -0.25) is 0 Å². The summed E-state index contributed by atoms with van der Waals surface area (Å²) in [6.07, 6.45) is 6.49. The van der Waals surface area contributed by atoms with Crippen molar-refractivity contribution in [2.45, 2.75) is 52.6 Å². The van der Waals surface area contributed by atoms with Crippen molar-refractivity contribution in [3.63, 3.8) is 0 Å². The van der Waals surface area contributed by atoms with Crippen molar-refractivity contribution in [2.24, 2.45) is 0 Å². The Morgan fingerprint density at radius 1 is 1.06 bits per heavy atom. The number of aryl methyl sites for hydroxylation is 3. The van der Waals surface area contributed by atoms with Gasteiger partial charge in [0.1, 0.15) is 6.10 Å². The van der Waals surface area contributed by atoms with E-state index < -0.39 is 6.10 Å². The number of rotatable bonds is 2. The Morgan fingerprint density at radius 2 is 1.71 bits per heavy atom. The summed E-state index contributed by atoms with van der Waals surface area (Å²) in [4.78, 5) is 0. The van der Waals surface area contributed by atoms with Gasteiger partial charge in [0.25, 0.3) is 0 Å². The van der Waals surface area contributed by atoms with E-state index in [0.29, 0.717) is 0 Å². The van der Waals surface area contributed by atoms with Crippen LogP contribution in [-0.2, 0) is 0 Å². The highest BCUT2D eigenvalue weighted by molar-refractivity contribution is 5.42. The van der Waals surface area contributed by atoms with Gasteiger partial charge in [0.15, 0.2) is 0 Å². The van der Waals surface area contributed by atoms with E-state index in [1.165, 1.54) is 35.1 Å². The zero-order valence-electron chi connectivity index (χ0n) is 11.1. The topological polar surface area (TPSA) is 20.2 Å². The van der Waals surface area contributed by atoms with Crippen molar-refractivity contribution in [1.29, 1.82) is 0 Å². The fraction of sp³-hybridized carbons (Fsp3) is 0.500. The molecule has 17 heavy (non-hydrogen) atoms. The highest BCUT2D eigenvalue weighted by atomic mass is 16.3. The van der Waals surface area contributed by atoms with Crippen LogP contribution in [0.25, 0.3) is 0 Å². The van der Waals surface area contributed by atoms with Crippen LogP contribution < -0.4 is 0 Å². The first-order valence-electron chi connectivity index (χ1n) is 6.54. The molecule has 1 heteroatoms. The molecule has 0 saturated carbocycles. The quantitative estimate of drug-likeness (QED) is 0.757. The minimum atomic E-state index is -0.393. The number of aliphatic hydroxyl groups excluding tert-OH is 1. The van der Waals surface area contributed by atoms with Gasteiger partial charge in [-0.2, -0.15) is 0 Å². The van der Waals surface area contributed by atoms with E-state index >= 15 is 0 Å². The van der Waals surface area contributed by atoms with E-state index in [4.69, 9.17) is 0 Å². The SMILES string of the molecule is Cc1cc(C)c(C(O)C2=CCCCC2)c(C)c1. The molecular weight excluding hydrogens is 208 g/mol. The molecule has 92 valence electrons. The molecule has 0 heterocycles. The minimum absolute atomic E-state index is 0.393. The molecule has 1 N–H and O–H groups in total. The Hall–Kier alpha value is -1.08. The standard InChI is InChI=1S/C16H22O/c1-11-9-12(2)15(13(3)10-11)16(17)14-7-5-4-6-8-14/h7,9-10,16-17H,4-6,8H2,1-3H3. The molecule has 0 aliphatic heterocycles. The van der Waals surface area contributed by atoms with Gasteiger partial charge in [0, 0.05) is 0 Å². The number of hydrogen-bond donors (Lipinski definition) is 1. The van der Waals surface area contributed by atoms with Gasteiger partial charge in [-0.25, -0.2) is 0 Å². The summed E-state index contributed by atoms with van der Waals surface area (Å²) in [6, 6.07) is 4.32. The van der Waals surface area contributed by atoms with Crippen LogP contribution in [0.2, 0.25) is 0 Å². The fourth-order valence-corrected chi connectivity index (χ4v) is 2.92. The lowest BCUT2D eigenvalue weighted by Gasteiger charge is -2.22. The molecule has 2 rings (SSSR count). The summed E-state index contributed by atoms with van der Waals surface area (Å²) in [5.74, 6) is 0. The van der Waals surface area contributed by atoms with Crippen LogP contribution in [0.15, 0.2) is 23.8 Å². The molecule has 1 aliphatic carbocycles. The monoisotopic (exact) mass is 230 g/mol. The smallest absolute Gasteiger partial charge is 0.101 e. The third-order valence-electron chi connectivity index (χ3n) is 3.69. The van der Waals surface area contributed by atoms with Crippen molar-refractivity contribution >= 4 is 0 Å². The second-order valence-corrected chi connectivity index (χ2v) is 5.24. The second-order valence-electron chi connectivity index (χ2n) is 5.24. The predicted octanol–water partition coefficient (Wildman–Crippen LogP) is 4.15. The number of aliphatic hydroxyl groups is 1. The average molecular weight is 230 g/mol. The van der Waals surface area contributed by atoms with Gasteiger partial charge in [0.2, 0.25) is 0 Å². The van der Waals surface area contributed by atoms with Crippen LogP contribution >= 0.6 is 0 Å². The molecule has 0 fully saturated rings. The predicted molar refractivity (Wildman–Crippen MR) is 72.2 cm³/mol. The van der Waals surface area contributed by atoms with Gasteiger partial charge in [-0.15, -0.1) is 0 Å². The Bertz CT molecular complexity index is 420. The largest absolute Gasteiger partial charge is 0.384 e. The lowest BCUT2D eigenvalue weighted by Crippen LogP contribution is -2.08. The molecule has 0 radical (unpaired) electrons. The lowest BCUT2D eigenvalue weighted by molar-refractivity contribution is 0.207. The minimum Gasteiger partial charge on any atom is -0.384 e. The molecule has 0 amide bonds. The van der Waals surface area contributed by atoms with Gasteiger partial charge in [-0.1, -0.05) is 23.8 Å². The van der Waals surface area contributed by atoms with Gasteiger partial charge in [-0.05, 0) is 68.7 Å². The van der Waals surface area contributed by atoms with E-state index in [-0.39, 0.29) is 0 Å². The van der Waals surface area contributed by atoms with Gasteiger partial charge < -0.3 is 5.11 Å². The van der Waals surface area contributed by atoms with E-state index in [2.05, 4.69) is 39.0 Å². The van der Waals surface area contributed by atoms with Crippen LogP contribution in [0.1, 0.15) is 54.0 Å². The zero-order valence-corrected chi connectivity index (χ0v) is 11.1. The second kappa shape index (κ2) is 5.05. The Balaban J connectivity index is 2.36. The molecule has 0 spiro atoms. The summed E-state index contributed by atoms with van der Waals surface area (Å²) in [7, 11) is 0. The first-order chi connectivity index (χ1) is 8.09. The normalized spacial score (nSPS) is 17.8. The van der Waals surface area contributed by atoms with Gasteiger partial charge in [0.05, 0.1) is 0 Å². The highest BCUT2D eigenvalue weighted by Crippen LogP contribution is 2.33. The van der Waals surface area contributed by atoms with Crippen molar-refractivity contribution in [3.05, 3.63) is 46.0 Å². The van der Waals surface area contributed by atoms with E-state index in [9.17, 15) is 5.11 Å². The summed E-state index contributed by atoms with van der Waals surface area (Å²) in [6.45, 7) is 6.31. The molecule has 0 aromatic heterocycles. The van der Waals surface area contributed by atoms with Gasteiger partial charge >= 0.3 is 0 Å². The van der Waals surface area contributed by atoms with Crippen molar-refractivity contribution in [3.8, 4) is 0 Å². The van der Waals surface area contributed by atoms with Crippen LogP contribution in [0.4, 0.5) is 0 Å². The maximum Gasteiger partial charge on any atom is 0.101 e. The average Bonchev–Trinajstić information content (AvgIpc) is 2.28. The van der Waals surface area contributed by atoms with Crippen molar-refractivity contribution < 1.29 is 5.11 Å². The molecule has 1 nitrogen and oxygen atoms in total. The molecule has 1 unspecified atom stereocenters. The van der Waals surface area contributed by atoms with Crippen molar-refractivity contribution in [2.75, 3.05) is 0 Å². The fourth-order valence-electron chi connectivity index (χ4n) is 2.92. The number of allylic oxidation sites excluding steroid dienone is 1. The molecule has 0 bridgehead atoms. The summed E-state index contributed by atoms with van der Waals surface area (Å²) >= 11 is 0. The first kappa shape index (κ1) is 12.4. The van der Waals surface area contributed by atoms with Crippen LogP contribution in [0.3, 0.4) is 0 Å². The van der Waals surface area contributed by atoms with Crippen molar-refractivity contribution in [1.82, 2.24) is 0 Å². The zero-order chi connectivity index (χ0) is 12.4. The van der Waals surface area contributed by atoms with Crippen LogP contribution in [0, 0.1) is 20.8 Å². The maximum absolute atomic E-state index is 10.5. The van der Waals surface area contributed by atoms with Crippen LogP contribution in [-0.4, -0.2) is 5.11 Å². The highest BCUT2D eigenvalue weighted by Gasteiger charge is 2.19. The summed E-state index contributed by atoms with van der Waals surface area (Å²) < 4.78 is 0. The molecule has 1 aliphatic rings. The lowest BCUT2D eigenvalue weighted by atomic mass is 9.87. The van der Waals surface area contributed by atoms with E-state index in [1.807, 2.05) is 0 Å². The van der Waals surface area contributed by atoms with E-state index in [0.717, 1.165) is 18.4 Å². The third-order valence-corrected chi connectivity index (χ3v) is 3.69. The molecular formula is C16H22O. The molecule has 0 saturated heterocycles. The number of hydrogen-bond acceptors (Lipinski definition) is 1. The van der Waals surface area contributed by atoms with E-state index in [1.54, 1.807) is 0 Å². The number of benzene rings is 1. The maximum atomic E-state index is 10.5. The third kappa shape index (κ3) is 2.61. The molecule has 1 atom stereocenters. The Labute approximate surface area is 104 Å². The molecule has 1 aromatic carbocycles. The Morgan fingerprint density at radius 3 is 2.24 bits per heavy atom. The van der Waals surface area contributed by atoms with Crippen LogP contribution in [0.5, 0.6) is 0 Å².